The minimum Gasteiger partial charge on any atom is -0.497 e. The molecule has 2 heterocycles. The van der Waals surface area contributed by atoms with Crippen LogP contribution in [0.1, 0.15) is 24.5 Å². The fourth-order valence-electron chi connectivity index (χ4n) is 2.86. The molecule has 4 rings (SSSR count). The molecule has 0 amide bonds. The molecule has 1 aliphatic rings. The normalized spacial score (nSPS) is 17.0. The van der Waals surface area contributed by atoms with Crippen LogP contribution >= 0.6 is 0 Å². The molecule has 0 saturated heterocycles. The minimum absolute atomic E-state index is 0.0230. The molecule has 1 saturated carbocycles. The van der Waals surface area contributed by atoms with Gasteiger partial charge in [0.2, 0.25) is 11.9 Å². The number of rotatable bonds is 3. The van der Waals surface area contributed by atoms with Gasteiger partial charge in [0.25, 0.3) is 0 Å². The summed E-state index contributed by atoms with van der Waals surface area (Å²) in [5.74, 6) is -1.86. The summed E-state index contributed by atoms with van der Waals surface area (Å²) in [5, 5.41) is 8.15. The summed E-state index contributed by atoms with van der Waals surface area (Å²) in [4.78, 5) is 8.25. The highest BCUT2D eigenvalue weighted by Gasteiger charge is 2.46. The highest BCUT2D eigenvalue weighted by Crippen LogP contribution is 2.47. The molecule has 1 aliphatic carbocycles. The van der Waals surface area contributed by atoms with Gasteiger partial charge in [-0.25, -0.2) is 13.8 Å². The maximum atomic E-state index is 13.1. The number of hydrogen-bond donors (Lipinski definition) is 1. The number of methoxy groups -OCH3 is 1. The van der Waals surface area contributed by atoms with Crippen molar-refractivity contribution in [1.82, 2.24) is 25.0 Å². The smallest absolute Gasteiger partial charge is 0.249 e. The van der Waals surface area contributed by atoms with Crippen molar-refractivity contribution in [2.24, 2.45) is 0 Å². The second kappa shape index (κ2) is 5.08. The van der Waals surface area contributed by atoms with E-state index in [1.54, 1.807) is 31.4 Å². The molecule has 0 atom stereocenters. The van der Waals surface area contributed by atoms with Crippen molar-refractivity contribution < 1.29 is 13.5 Å². The molecule has 0 radical (unpaired) electrons. The van der Waals surface area contributed by atoms with Crippen LogP contribution in [-0.4, -0.2) is 38.0 Å². The number of halogens is 2. The van der Waals surface area contributed by atoms with Gasteiger partial charge < -0.3 is 10.5 Å². The zero-order valence-electron chi connectivity index (χ0n) is 12.8. The number of hydrogen-bond acceptors (Lipinski definition) is 6. The van der Waals surface area contributed by atoms with E-state index in [1.165, 1.54) is 4.68 Å². The van der Waals surface area contributed by atoms with Crippen LogP contribution in [0.25, 0.3) is 16.9 Å². The van der Waals surface area contributed by atoms with Crippen molar-refractivity contribution >= 4 is 17.0 Å². The summed E-state index contributed by atoms with van der Waals surface area (Å²) >= 11 is 0. The Morgan fingerprint density at radius 1 is 1.25 bits per heavy atom. The molecule has 124 valence electrons. The van der Waals surface area contributed by atoms with E-state index in [4.69, 9.17) is 10.5 Å². The number of nitrogens with two attached hydrogens (primary N) is 1. The van der Waals surface area contributed by atoms with Crippen LogP contribution in [0, 0.1) is 0 Å². The van der Waals surface area contributed by atoms with E-state index in [9.17, 15) is 8.78 Å². The Morgan fingerprint density at radius 3 is 2.75 bits per heavy atom. The average molecular weight is 332 g/mol. The van der Waals surface area contributed by atoms with Crippen molar-refractivity contribution in [1.29, 1.82) is 0 Å². The first-order chi connectivity index (χ1) is 11.4. The van der Waals surface area contributed by atoms with Gasteiger partial charge in [0.15, 0.2) is 5.82 Å². The number of alkyl halides is 2. The minimum atomic E-state index is -2.62. The van der Waals surface area contributed by atoms with Crippen molar-refractivity contribution in [2.75, 3.05) is 12.8 Å². The van der Waals surface area contributed by atoms with E-state index in [0.717, 1.165) is 0 Å². The van der Waals surface area contributed by atoms with Gasteiger partial charge in [0, 0.05) is 30.9 Å². The standard InChI is InChI=1S/C15H14F2N6O/c1-24-9-2-3-12-11(4-9)21-22-23(12)13-5-10(19-14(18)20-13)8-6-15(16,17)7-8/h2-5,8H,6-7H2,1H3,(H2,18,19,20). The Morgan fingerprint density at radius 2 is 2.04 bits per heavy atom. The van der Waals surface area contributed by atoms with Crippen LogP contribution in [-0.2, 0) is 0 Å². The lowest BCUT2D eigenvalue weighted by Crippen LogP contribution is -2.34. The Labute approximate surface area is 135 Å². The fraction of sp³-hybridized carbons (Fsp3) is 0.333. The third kappa shape index (κ3) is 2.41. The summed E-state index contributed by atoms with van der Waals surface area (Å²) in [6.07, 6.45) is -0.448. The molecule has 1 fully saturated rings. The molecule has 7 nitrogen and oxygen atoms in total. The first kappa shape index (κ1) is 14.7. The molecule has 0 spiro atoms. The van der Waals surface area contributed by atoms with Gasteiger partial charge in [-0.3, -0.25) is 0 Å². The fourth-order valence-corrected chi connectivity index (χ4v) is 2.86. The van der Waals surface area contributed by atoms with Crippen LogP contribution in [0.15, 0.2) is 24.3 Å². The highest BCUT2D eigenvalue weighted by molar-refractivity contribution is 5.77. The SMILES string of the molecule is COc1ccc2c(c1)nnn2-c1cc(C2CC(F)(F)C2)nc(N)n1. The number of benzene rings is 1. The van der Waals surface area contributed by atoms with Gasteiger partial charge in [0.1, 0.15) is 11.3 Å². The van der Waals surface area contributed by atoms with Gasteiger partial charge in [-0.2, -0.15) is 9.67 Å². The van der Waals surface area contributed by atoms with E-state index < -0.39 is 5.92 Å². The molecule has 2 aromatic heterocycles. The summed E-state index contributed by atoms with van der Waals surface area (Å²) < 4.78 is 32.9. The molecule has 0 unspecified atom stereocenters. The van der Waals surface area contributed by atoms with E-state index >= 15 is 0 Å². The van der Waals surface area contributed by atoms with Gasteiger partial charge >= 0.3 is 0 Å². The second-order valence-corrected chi connectivity index (χ2v) is 5.83. The van der Waals surface area contributed by atoms with Crippen LogP contribution in [0.5, 0.6) is 5.75 Å². The largest absolute Gasteiger partial charge is 0.497 e. The lowest BCUT2D eigenvalue weighted by Gasteiger charge is -2.34. The molecule has 24 heavy (non-hydrogen) atoms. The molecule has 0 bridgehead atoms. The quantitative estimate of drug-likeness (QED) is 0.791. The van der Waals surface area contributed by atoms with E-state index in [0.29, 0.717) is 28.3 Å². The predicted octanol–water partition coefficient (Wildman–Crippen LogP) is 2.31. The molecule has 0 aliphatic heterocycles. The summed E-state index contributed by atoms with van der Waals surface area (Å²) in [7, 11) is 1.57. The Bertz CT molecular complexity index is 917. The number of nitrogens with zero attached hydrogens (tertiary/aromatic N) is 5. The first-order valence-corrected chi connectivity index (χ1v) is 7.37. The summed E-state index contributed by atoms with van der Waals surface area (Å²) in [6, 6.07) is 6.95. The van der Waals surface area contributed by atoms with E-state index in [-0.39, 0.29) is 24.7 Å². The average Bonchev–Trinajstić information content (AvgIpc) is 2.94. The van der Waals surface area contributed by atoms with E-state index in [2.05, 4.69) is 20.3 Å². The summed E-state index contributed by atoms with van der Waals surface area (Å²) in [5.41, 5.74) is 7.58. The second-order valence-electron chi connectivity index (χ2n) is 5.83. The Balaban J connectivity index is 1.75. The third-order valence-electron chi connectivity index (χ3n) is 4.13. The lowest BCUT2D eigenvalue weighted by atomic mass is 9.79. The molecular weight excluding hydrogens is 318 g/mol. The van der Waals surface area contributed by atoms with Crippen LogP contribution in [0.4, 0.5) is 14.7 Å². The molecule has 9 heteroatoms. The number of nitrogen functional groups attached to an aromatic ring is 1. The van der Waals surface area contributed by atoms with Crippen molar-refractivity contribution in [3.63, 3.8) is 0 Å². The van der Waals surface area contributed by atoms with Crippen LogP contribution < -0.4 is 10.5 Å². The first-order valence-electron chi connectivity index (χ1n) is 7.37. The number of ether oxygens (including phenoxy) is 1. The lowest BCUT2D eigenvalue weighted by molar-refractivity contribution is -0.0876. The van der Waals surface area contributed by atoms with Gasteiger partial charge in [-0.05, 0) is 12.1 Å². The van der Waals surface area contributed by atoms with Crippen LogP contribution in [0.2, 0.25) is 0 Å². The Hall–Kier alpha value is -2.84. The Kier molecular flexibility index (Phi) is 3.12. The maximum Gasteiger partial charge on any atom is 0.249 e. The summed E-state index contributed by atoms with van der Waals surface area (Å²) in [6.45, 7) is 0. The number of fused-ring (bicyclic) bond motifs is 1. The maximum absolute atomic E-state index is 13.1. The monoisotopic (exact) mass is 332 g/mol. The molecular formula is C15H14F2N6O. The van der Waals surface area contributed by atoms with Gasteiger partial charge in [-0.1, -0.05) is 5.21 Å². The molecule has 3 aromatic rings. The molecule has 1 aromatic carbocycles. The zero-order valence-corrected chi connectivity index (χ0v) is 12.8. The van der Waals surface area contributed by atoms with Gasteiger partial charge in [-0.15, -0.1) is 5.10 Å². The predicted molar refractivity (Wildman–Crippen MR) is 82.3 cm³/mol. The van der Waals surface area contributed by atoms with Crippen LogP contribution in [0.3, 0.4) is 0 Å². The van der Waals surface area contributed by atoms with Crippen molar-refractivity contribution in [2.45, 2.75) is 24.7 Å². The zero-order chi connectivity index (χ0) is 16.9. The van der Waals surface area contributed by atoms with E-state index in [1.807, 2.05) is 0 Å². The number of aromatic nitrogens is 5. The third-order valence-corrected chi connectivity index (χ3v) is 4.13. The molecule has 2 N–H and O–H groups in total. The van der Waals surface area contributed by atoms with Crippen molar-refractivity contribution in [3.05, 3.63) is 30.0 Å². The topological polar surface area (TPSA) is 91.7 Å². The van der Waals surface area contributed by atoms with Crippen molar-refractivity contribution in [3.8, 4) is 11.6 Å². The number of anilines is 1. The highest BCUT2D eigenvalue weighted by atomic mass is 19.3. The van der Waals surface area contributed by atoms with Gasteiger partial charge in [0.05, 0.1) is 18.3 Å².